The number of anilines is 2. The molecule has 27 heavy (non-hydrogen) atoms. The van der Waals surface area contributed by atoms with Crippen molar-refractivity contribution in [2.45, 2.75) is 0 Å². The molecule has 0 bridgehead atoms. The molecule has 0 unspecified atom stereocenters. The predicted molar refractivity (Wildman–Crippen MR) is 103 cm³/mol. The van der Waals surface area contributed by atoms with Crippen molar-refractivity contribution >= 4 is 40.7 Å². The Labute approximate surface area is 160 Å². The highest BCUT2D eigenvalue weighted by Gasteiger charge is 2.36. The van der Waals surface area contributed by atoms with Gasteiger partial charge in [0.15, 0.2) is 0 Å². The van der Waals surface area contributed by atoms with Crippen LogP contribution < -0.4 is 10.2 Å². The third kappa shape index (κ3) is 2.98. The second kappa shape index (κ2) is 6.70. The van der Waals surface area contributed by atoms with Crippen LogP contribution in [0.5, 0.6) is 0 Å². The molecule has 1 N–H and O–H groups in total. The Balaban J connectivity index is 1.57. The van der Waals surface area contributed by atoms with Gasteiger partial charge in [-0.2, -0.15) is 0 Å². The molecule has 1 heterocycles. The predicted octanol–water partition coefficient (Wildman–Crippen LogP) is 4.39. The molecule has 0 aromatic heterocycles. The molecule has 0 spiro atoms. The zero-order chi connectivity index (χ0) is 19.0. The molecule has 3 aromatic carbocycles. The van der Waals surface area contributed by atoms with Crippen molar-refractivity contribution in [3.05, 3.63) is 94.5 Å². The molecule has 6 heteroatoms. The van der Waals surface area contributed by atoms with E-state index in [1.807, 2.05) is 0 Å². The summed E-state index contributed by atoms with van der Waals surface area (Å²) in [6, 6.07) is 19.9. The number of nitrogens with zero attached hydrogens (tertiary/aromatic N) is 1. The highest BCUT2D eigenvalue weighted by atomic mass is 35.5. The number of nitrogens with one attached hydrogen (secondary N) is 1. The summed E-state index contributed by atoms with van der Waals surface area (Å²) in [6.45, 7) is 0. The number of amides is 3. The van der Waals surface area contributed by atoms with Gasteiger partial charge in [-0.15, -0.1) is 0 Å². The fourth-order valence-electron chi connectivity index (χ4n) is 2.94. The molecule has 3 aromatic rings. The lowest BCUT2D eigenvalue weighted by Gasteiger charge is -2.14. The maximum Gasteiger partial charge on any atom is 0.266 e. The van der Waals surface area contributed by atoms with Crippen LogP contribution in [0.4, 0.5) is 11.4 Å². The molecule has 0 radical (unpaired) electrons. The molecule has 0 atom stereocenters. The van der Waals surface area contributed by atoms with Gasteiger partial charge in [0.25, 0.3) is 17.7 Å². The molecule has 1 aliphatic rings. The topological polar surface area (TPSA) is 66.5 Å². The van der Waals surface area contributed by atoms with Crippen LogP contribution in [0, 0.1) is 0 Å². The zero-order valence-electron chi connectivity index (χ0n) is 14.0. The highest BCUT2D eigenvalue weighted by molar-refractivity contribution is 6.35. The fourth-order valence-corrected chi connectivity index (χ4v) is 3.13. The molecule has 0 saturated heterocycles. The molecule has 0 saturated carbocycles. The van der Waals surface area contributed by atoms with Gasteiger partial charge in [-0.25, -0.2) is 4.90 Å². The first kappa shape index (κ1) is 17.0. The first-order chi connectivity index (χ1) is 13.1. The Morgan fingerprint density at radius 3 is 1.93 bits per heavy atom. The van der Waals surface area contributed by atoms with Crippen molar-refractivity contribution in [2.75, 3.05) is 10.2 Å². The van der Waals surface area contributed by atoms with Crippen molar-refractivity contribution in [3.63, 3.8) is 0 Å². The maximum absolute atomic E-state index is 12.5. The third-order valence-corrected chi connectivity index (χ3v) is 4.63. The summed E-state index contributed by atoms with van der Waals surface area (Å²) in [4.78, 5) is 38.5. The number of fused-ring (bicyclic) bond motifs is 1. The third-order valence-electron chi connectivity index (χ3n) is 4.30. The van der Waals surface area contributed by atoms with Crippen LogP contribution in [-0.4, -0.2) is 17.7 Å². The van der Waals surface area contributed by atoms with E-state index in [2.05, 4.69) is 5.32 Å². The van der Waals surface area contributed by atoms with Crippen molar-refractivity contribution in [3.8, 4) is 0 Å². The smallest absolute Gasteiger partial charge is 0.266 e. The van der Waals surface area contributed by atoms with E-state index in [1.165, 1.54) is 0 Å². The average molecular weight is 377 g/mol. The first-order valence-electron chi connectivity index (χ1n) is 8.20. The quantitative estimate of drug-likeness (QED) is 0.689. The monoisotopic (exact) mass is 376 g/mol. The molecule has 132 valence electrons. The molecular formula is C21H13ClN2O3. The number of benzene rings is 3. The van der Waals surface area contributed by atoms with Crippen LogP contribution in [-0.2, 0) is 0 Å². The summed E-state index contributed by atoms with van der Waals surface area (Å²) >= 11 is 6.05. The number of hydrogen-bond acceptors (Lipinski definition) is 3. The highest BCUT2D eigenvalue weighted by Crippen LogP contribution is 2.28. The number of carbonyl (C=O) groups excluding carboxylic acids is 3. The molecular weight excluding hydrogens is 364 g/mol. The van der Waals surface area contributed by atoms with Gasteiger partial charge < -0.3 is 5.32 Å². The Morgan fingerprint density at radius 2 is 1.33 bits per heavy atom. The summed E-state index contributed by atoms with van der Waals surface area (Å²) < 4.78 is 0. The molecule has 1 aliphatic heterocycles. The van der Waals surface area contributed by atoms with Gasteiger partial charge in [-0.05, 0) is 48.5 Å². The minimum atomic E-state index is -0.371. The molecule has 5 nitrogen and oxygen atoms in total. The lowest BCUT2D eigenvalue weighted by atomic mass is 10.1. The number of rotatable bonds is 3. The number of para-hydroxylation sites is 1. The number of imide groups is 1. The summed E-state index contributed by atoms with van der Waals surface area (Å²) in [7, 11) is 0. The van der Waals surface area contributed by atoms with E-state index >= 15 is 0 Å². The standard InChI is InChI=1S/C21H13ClN2O3/c22-17-7-3-4-8-18(17)23-19(25)13-9-11-14(12-10-13)24-20(26)15-5-1-2-6-16(15)21(24)27/h1-12H,(H,23,25). The van der Waals surface area contributed by atoms with Crippen molar-refractivity contribution in [2.24, 2.45) is 0 Å². The summed E-state index contributed by atoms with van der Waals surface area (Å²) in [5, 5.41) is 3.17. The van der Waals surface area contributed by atoms with E-state index in [4.69, 9.17) is 11.6 Å². The SMILES string of the molecule is O=C(Nc1ccccc1Cl)c1ccc(N2C(=O)c3ccccc3C2=O)cc1. The lowest BCUT2D eigenvalue weighted by Crippen LogP contribution is -2.29. The summed E-state index contributed by atoms with van der Waals surface area (Å²) in [5.74, 6) is -1.08. The maximum atomic E-state index is 12.5. The van der Waals surface area contributed by atoms with Gasteiger partial charge >= 0.3 is 0 Å². The second-order valence-electron chi connectivity index (χ2n) is 5.97. The Kier molecular flexibility index (Phi) is 4.22. The van der Waals surface area contributed by atoms with E-state index in [0.717, 1.165) is 4.90 Å². The largest absolute Gasteiger partial charge is 0.321 e. The van der Waals surface area contributed by atoms with Gasteiger partial charge in [0.05, 0.1) is 27.5 Å². The van der Waals surface area contributed by atoms with Crippen LogP contribution >= 0.6 is 11.6 Å². The fraction of sp³-hybridized carbons (Fsp3) is 0. The van der Waals surface area contributed by atoms with E-state index < -0.39 is 0 Å². The molecule has 0 fully saturated rings. The van der Waals surface area contributed by atoms with Crippen molar-refractivity contribution in [1.82, 2.24) is 0 Å². The minimum Gasteiger partial charge on any atom is -0.321 e. The van der Waals surface area contributed by atoms with Gasteiger partial charge in [0.2, 0.25) is 0 Å². The number of carbonyl (C=O) groups is 3. The van der Waals surface area contributed by atoms with Gasteiger partial charge in [0, 0.05) is 5.56 Å². The average Bonchev–Trinajstić information content (AvgIpc) is 2.95. The Bertz CT molecular complexity index is 1040. The van der Waals surface area contributed by atoms with E-state index in [9.17, 15) is 14.4 Å². The van der Waals surface area contributed by atoms with Crippen LogP contribution in [0.25, 0.3) is 0 Å². The van der Waals surface area contributed by atoms with E-state index in [1.54, 1.807) is 72.8 Å². The zero-order valence-corrected chi connectivity index (χ0v) is 14.7. The first-order valence-corrected chi connectivity index (χ1v) is 8.58. The lowest BCUT2D eigenvalue weighted by molar-refractivity contribution is 0.0925. The summed E-state index contributed by atoms with van der Waals surface area (Å²) in [5.41, 5.74) is 2.06. The van der Waals surface area contributed by atoms with Gasteiger partial charge in [0.1, 0.15) is 0 Å². The number of halogens is 1. The van der Waals surface area contributed by atoms with Crippen molar-refractivity contribution < 1.29 is 14.4 Å². The van der Waals surface area contributed by atoms with Crippen LogP contribution in [0.2, 0.25) is 5.02 Å². The van der Waals surface area contributed by atoms with Crippen molar-refractivity contribution in [1.29, 1.82) is 0 Å². The Hall–Kier alpha value is -3.44. The van der Waals surface area contributed by atoms with E-state index in [0.29, 0.717) is 33.1 Å². The minimum absolute atomic E-state index is 0.336. The normalized spacial score (nSPS) is 12.9. The van der Waals surface area contributed by atoms with Crippen LogP contribution in [0.15, 0.2) is 72.8 Å². The summed E-state index contributed by atoms with van der Waals surface area (Å²) in [6.07, 6.45) is 0. The second-order valence-corrected chi connectivity index (χ2v) is 6.38. The van der Waals surface area contributed by atoms with E-state index in [-0.39, 0.29) is 17.7 Å². The number of hydrogen-bond donors (Lipinski definition) is 1. The Morgan fingerprint density at radius 1 is 0.778 bits per heavy atom. The van der Waals surface area contributed by atoms with Crippen LogP contribution in [0.1, 0.15) is 31.1 Å². The van der Waals surface area contributed by atoms with Gasteiger partial charge in [-0.1, -0.05) is 35.9 Å². The molecule has 3 amide bonds. The van der Waals surface area contributed by atoms with Crippen LogP contribution in [0.3, 0.4) is 0 Å². The van der Waals surface area contributed by atoms with Gasteiger partial charge in [-0.3, -0.25) is 14.4 Å². The molecule has 4 rings (SSSR count). The molecule has 0 aliphatic carbocycles.